The van der Waals surface area contributed by atoms with E-state index in [4.69, 9.17) is 0 Å². The summed E-state index contributed by atoms with van der Waals surface area (Å²) in [6, 6.07) is 14.9. The van der Waals surface area contributed by atoms with Crippen LogP contribution in [-0.4, -0.2) is 42.6 Å². The molecular weight excluding hydrogens is 374 g/mol. The molecule has 7 heteroatoms. The van der Waals surface area contributed by atoms with Crippen LogP contribution in [0.2, 0.25) is 0 Å². The fourth-order valence-electron chi connectivity index (χ4n) is 2.64. The Balaban J connectivity index is 1.67. The fourth-order valence-corrected chi connectivity index (χ4v) is 3.48. The van der Waals surface area contributed by atoms with Crippen LogP contribution in [0.3, 0.4) is 0 Å². The number of aryl methyl sites for hydroxylation is 1. The first-order chi connectivity index (χ1) is 13.3. The largest absolute Gasteiger partial charge is 0.378 e. The number of nitrogens with zero attached hydrogens (tertiary/aromatic N) is 2. The van der Waals surface area contributed by atoms with Gasteiger partial charge >= 0.3 is 0 Å². The summed E-state index contributed by atoms with van der Waals surface area (Å²) >= 11 is 0.845. The summed E-state index contributed by atoms with van der Waals surface area (Å²) in [4.78, 5) is 40.2. The number of rotatable bonds is 5. The first-order valence-corrected chi connectivity index (χ1v) is 9.54. The predicted octanol–water partition coefficient (Wildman–Crippen LogP) is 3.74. The van der Waals surface area contributed by atoms with Crippen LogP contribution in [-0.2, 0) is 9.59 Å². The van der Waals surface area contributed by atoms with Crippen molar-refractivity contribution in [1.82, 2.24) is 4.90 Å². The van der Waals surface area contributed by atoms with E-state index in [1.54, 1.807) is 18.2 Å². The van der Waals surface area contributed by atoms with E-state index in [9.17, 15) is 14.4 Å². The molecule has 1 heterocycles. The Bertz CT molecular complexity index is 934. The highest BCUT2D eigenvalue weighted by Gasteiger charge is 2.36. The van der Waals surface area contributed by atoms with E-state index >= 15 is 0 Å². The van der Waals surface area contributed by atoms with E-state index in [0.29, 0.717) is 10.6 Å². The van der Waals surface area contributed by atoms with Gasteiger partial charge in [-0.15, -0.1) is 0 Å². The summed E-state index contributed by atoms with van der Waals surface area (Å²) in [6.07, 6.45) is 1.67. The van der Waals surface area contributed by atoms with E-state index in [0.717, 1.165) is 33.5 Å². The number of carbonyl (C=O) groups is 3. The lowest BCUT2D eigenvalue weighted by Gasteiger charge is -2.12. The van der Waals surface area contributed by atoms with Crippen LogP contribution >= 0.6 is 11.8 Å². The number of thioether (sulfide) groups is 1. The molecule has 2 aromatic rings. The maximum atomic E-state index is 12.6. The Labute approximate surface area is 168 Å². The quantitative estimate of drug-likeness (QED) is 0.781. The highest BCUT2D eigenvalue weighted by Crippen LogP contribution is 2.32. The molecule has 3 amide bonds. The third-order valence-corrected chi connectivity index (χ3v) is 5.13. The summed E-state index contributed by atoms with van der Waals surface area (Å²) in [5.74, 6) is -0.867. The summed E-state index contributed by atoms with van der Waals surface area (Å²) < 4.78 is 0. The smallest absolute Gasteiger partial charge is 0.294 e. The molecule has 2 aromatic carbocycles. The minimum atomic E-state index is -0.453. The van der Waals surface area contributed by atoms with Crippen molar-refractivity contribution in [2.75, 3.05) is 30.9 Å². The fraction of sp³-hybridized carbons (Fsp3) is 0.190. The summed E-state index contributed by atoms with van der Waals surface area (Å²) in [6.45, 7) is 1.64. The molecule has 1 saturated heterocycles. The lowest BCUT2D eigenvalue weighted by atomic mass is 10.2. The van der Waals surface area contributed by atoms with Gasteiger partial charge in [0.25, 0.3) is 11.1 Å². The number of amides is 3. The molecule has 0 aliphatic carbocycles. The summed E-state index contributed by atoms with van der Waals surface area (Å²) in [5, 5.41) is 2.26. The second-order valence-electron chi connectivity index (χ2n) is 6.67. The Hall–Kier alpha value is -3.06. The van der Waals surface area contributed by atoms with Crippen molar-refractivity contribution in [3.8, 4) is 0 Å². The van der Waals surface area contributed by atoms with Gasteiger partial charge in [-0.1, -0.05) is 29.8 Å². The van der Waals surface area contributed by atoms with Gasteiger partial charge in [0.05, 0.1) is 4.91 Å². The number of hydrogen-bond acceptors (Lipinski definition) is 5. The van der Waals surface area contributed by atoms with Gasteiger partial charge in [-0.3, -0.25) is 19.3 Å². The van der Waals surface area contributed by atoms with E-state index in [-0.39, 0.29) is 6.54 Å². The zero-order valence-electron chi connectivity index (χ0n) is 15.9. The zero-order valence-corrected chi connectivity index (χ0v) is 16.7. The van der Waals surface area contributed by atoms with Gasteiger partial charge in [0, 0.05) is 25.5 Å². The molecule has 0 unspecified atom stereocenters. The molecule has 28 heavy (non-hydrogen) atoms. The average Bonchev–Trinajstić information content (AvgIpc) is 2.91. The number of benzene rings is 2. The molecule has 1 aliphatic heterocycles. The number of carbonyl (C=O) groups excluding carboxylic acids is 3. The molecule has 6 nitrogen and oxygen atoms in total. The van der Waals surface area contributed by atoms with Crippen LogP contribution in [0.1, 0.15) is 11.1 Å². The second kappa shape index (κ2) is 8.31. The molecule has 0 radical (unpaired) electrons. The Morgan fingerprint density at radius 3 is 2.32 bits per heavy atom. The second-order valence-corrected chi connectivity index (χ2v) is 7.66. The minimum Gasteiger partial charge on any atom is -0.378 e. The van der Waals surface area contributed by atoms with Gasteiger partial charge in [0.15, 0.2) is 0 Å². The van der Waals surface area contributed by atoms with Crippen LogP contribution < -0.4 is 10.2 Å². The Morgan fingerprint density at radius 2 is 1.71 bits per heavy atom. The van der Waals surface area contributed by atoms with Crippen molar-refractivity contribution < 1.29 is 14.4 Å². The van der Waals surface area contributed by atoms with Gasteiger partial charge in [0.2, 0.25) is 5.91 Å². The van der Waals surface area contributed by atoms with Gasteiger partial charge < -0.3 is 10.2 Å². The molecule has 0 bridgehead atoms. The molecular formula is C21H21N3O3S. The lowest BCUT2D eigenvalue weighted by Crippen LogP contribution is -2.36. The van der Waals surface area contributed by atoms with Crippen molar-refractivity contribution in [3.63, 3.8) is 0 Å². The zero-order chi connectivity index (χ0) is 20.3. The predicted molar refractivity (Wildman–Crippen MR) is 113 cm³/mol. The van der Waals surface area contributed by atoms with E-state index < -0.39 is 17.1 Å². The average molecular weight is 395 g/mol. The molecule has 0 aromatic heterocycles. The molecule has 144 valence electrons. The van der Waals surface area contributed by atoms with Crippen LogP contribution in [0.5, 0.6) is 0 Å². The Morgan fingerprint density at radius 1 is 1.07 bits per heavy atom. The maximum Gasteiger partial charge on any atom is 0.294 e. The third-order valence-electron chi connectivity index (χ3n) is 4.22. The molecule has 0 saturated carbocycles. The molecule has 3 rings (SSSR count). The van der Waals surface area contributed by atoms with Crippen molar-refractivity contribution in [1.29, 1.82) is 0 Å². The number of anilines is 2. The van der Waals surface area contributed by atoms with E-state index in [1.165, 1.54) is 0 Å². The van der Waals surface area contributed by atoms with Gasteiger partial charge in [-0.05, 0) is 54.6 Å². The van der Waals surface area contributed by atoms with Crippen molar-refractivity contribution in [2.45, 2.75) is 6.92 Å². The van der Waals surface area contributed by atoms with Crippen molar-refractivity contribution in [2.24, 2.45) is 0 Å². The number of hydrogen-bond donors (Lipinski definition) is 1. The highest BCUT2D eigenvalue weighted by molar-refractivity contribution is 8.18. The van der Waals surface area contributed by atoms with Gasteiger partial charge in [-0.25, -0.2) is 0 Å². The molecule has 0 spiro atoms. The minimum absolute atomic E-state index is 0.310. The Kier molecular flexibility index (Phi) is 5.84. The van der Waals surface area contributed by atoms with Crippen molar-refractivity contribution in [3.05, 3.63) is 64.6 Å². The third kappa shape index (κ3) is 4.61. The van der Waals surface area contributed by atoms with Crippen LogP contribution in [0, 0.1) is 6.92 Å². The first-order valence-electron chi connectivity index (χ1n) is 8.73. The molecule has 1 fully saturated rings. The normalized spacial score (nSPS) is 15.2. The molecule has 1 N–H and O–H groups in total. The van der Waals surface area contributed by atoms with Crippen LogP contribution in [0.4, 0.5) is 16.2 Å². The van der Waals surface area contributed by atoms with Gasteiger partial charge in [-0.2, -0.15) is 0 Å². The lowest BCUT2D eigenvalue weighted by molar-refractivity contribution is -0.127. The van der Waals surface area contributed by atoms with E-state index in [1.807, 2.05) is 62.3 Å². The molecule has 1 aliphatic rings. The van der Waals surface area contributed by atoms with Crippen molar-refractivity contribution >= 4 is 46.3 Å². The standard InChI is InChI=1S/C21H21N3O3S/c1-14-4-8-16(9-5-14)22-19(25)13-24-20(26)18(28-21(24)27)12-15-6-10-17(11-7-15)23(2)3/h4-12H,13H2,1-3H3,(H,22,25)/b18-12+. The SMILES string of the molecule is Cc1ccc(NC(=O)CN2C(=O)S/C(=C/c3ccc(N(C)C)cc3)C2=O)cc1. The molecule has 0 atom stereocenters. The first kappa shape index (κ1) is 19.7. The maximum absolute atomic E-state index is 12.6. The number of nitrogens with one attached hydrogen (secondary N) is 1. The number of imide groups is 1. The van der Waals surface area contributed by atoms with E-state index in [2.05, 4.69) is 5.32 Å². The summed E-state index contributed by atoms with van der Waals surface area (Å²) in [5.41, 5.74) is 3.56. The topological polar surface area (TPSA) is 69.7 Å². The van der Waals surface area contributed by atoms with Crippen LogP contribution in [0.15, 0.2) is 53.4 Å². The monoisotopic (exact) mass is 395 g/mol. The van der Waals surface area contributed by atoms with Gasteiger partial charge in [0.1, 0.15) is 6.54 Å². The summed E-state index contributed by atoms with van der Waals surface area (Å²) in [7, 11) is 3.89. The van der Waals surface area contributed by atoms with Crippen LogP contribution in [0.25, 0.3) is 6.08 Å². The highest BCUT2D eigenvalue weighted by atomic mass is 32.2.